The third-order valence-electron chi connectivity index (χ3n) is 4.67. The molecule has 0 aliphatic carbocycles. The highest BCUT2D eigenvalue weighted by Crippen LogP contribution is 2.29. The fourth-order valence-corrected chi connectivity index (χ4v) is 8.23. The van der Waals surface area contributed by atoms with Crippen LogP contribution in [0.25, 0.3) is 0 Å². The summed E-state index contributed by atoms with van der Waals surface area (Å²) in [7, 11) is -0.864. The lowest BCUT2D eigenvalue weighted by Crippen LogP contribution is -2.30. The molecule has 0 N–H and O–H groups in total. The molecule has 0 fully saturated rings. The van der Waals surface area contributed by atoms with Gasteiger partial charge in [0.15, 0.2) is 0 Å². The van der Waals surface area contributed by atoms with Crippen LogP contribution in [0.1, 0.15) is 59.3 Å². The van der Waals surface area contributed by atoms with Crippen LogP contribution in [0.5, 0.6) is 0 Å². The van der Waals surface area contributed by atoms with Crippen molar-refractivity contribution >= 4 is 47.3 Å². The molecule has 0 aromatic heterocycles. The van der Waals surface area contributed by atoms with Crippen molar-refractivity contribution in [1.82, 2.24) is 0 Å². The predicted octanol–water partition coefficient (Wildman–Crippen LogP) is 7.49. The zero-order valence-corrected chi connectivity index (χ0v) is 17.2. The zero-order chi connectivity index (χ0) is 14.8. The van der Waals surface area contributed by atoms with Gasteiger partial charge in [-0.25, -0.2) is 0 Å². The van der Waals surface area contributed by atoms with E-state index in [1.165, 1.54) is 56.3 Å². The minimum Gasteiger partial charge on any atom is -0.126 e. The first-order valence-electron chi connectivity index (χ1n) is 7.96. The lowest BCUT2D eigenvalue weighted by Gasteiger charge is -2.28. The van der Waals surface area contributed by atoms with Crippen LogP contribution >= 0.6 is 33.2 Å². The Hall–Kier alpha value is 1.30. The zero-order valence-electron chi connectivity index (χ0n) is 12.9. The van der Waals surface area contributed by atoms with Crippen LogP contribution in [0, 0.1) is 0 Å². The van der Waals surface area contributed by atoms with Gasteiger partial charge in [-0.3, -0.25) is 0 Å². The van der Waals surface area contributed by atoms with Crippen LogP contribution in [0.4, 0.5) is 0 Å². The molecule has 5 heteroatoms. The van der Waals surface area contributed by atoms with Gasteiger partial charge < -0.3 is 0 Å². The normalized spacial score (nSPS) is 12.9. The molecule has 0 saturated heterocycles. The molecule has 0 atom stereocenters. The van der Waals surface area contributed by atoms with E-state index in [2.05, 4.69) is 20.8 Å². The minimum atomic E-state index is -2.35. The number of halogens is 3. The molecule has 0 aromatic rings. The molecular formula is C14H31Cl3Si2. The second kappa shape index (κ2) is 10.9. The molecule has 19 heavy (non-hydrogen) atoms. The van der Waals surface area contributed by atoms with Crippen LogP contribution in [-0.4, -0.2) is 14.1 Å². The molecule has 0 rings (SSSR count). The maximum atomic E-state index is 5.87. The predicted molar refractivity (Wildman–Crippen MR) is 97.8 cm³/mol. The van der Waals surface area contributed by atoms with Gasteiger partial charge in [-0.1, -0.05) is 83.5 Å². The van der Waals surface area contributed by atoms with Gasteiger partial charge in [0, 0.05) is 0 Å². The Labute approximate surface area is 136 Å². The highest BCUT2D eigenvalue weighted by molar-refractivity contribution is 7.64. The van der Waals surface area contributed by atoms with E-state index in [0.717, 1.165) is 12.5 Å². The first kappa shape index (κ1) is 20.3. The van der Waals surface area contributed by atoms with E-state index in [-0.39, 0.29) is 0 Å². The van der Waals surface area contributed by atoms with Crippen molar-refractivity contribution in [3.63, 3.8) is 0 Å². The molecule has 0 bridgehead atoms. The molecule has 0 nitrogen and oxygen atoms in total. The molecule has 0 heterocycles. The molecule has 0 saturated carbocycles. The molecule has 116 valence electrons. The molecule has 0 spiro atoms. The number of rotatable bonds is 12. The summed E-state index contributed by atoms with van der Waals surface area (Å²) in [6, 6.07) is 4.42. The van der Waals surface area contributed by atoms with Crippen molar-refractivity contribution < 1.29 is 0 Å². The van der Waals surface area contributed by atoms with E-state index in [4.69, 9.17) is 33.2 Å². The average Bonchev–Trinajstić information content (AvgIpc) is 2.37. The molecule has 0 unspecified atom stereocenters. The Morgan fingerprint density at radius 1 is 0.579 bits per heavy atom. The van der Waals surface area contributed by atoms with Crippen LogP contribution in [-0.2, 0) is 0 Å². The summed E-state index contributed by atoms with van der Waals surface area (Å²) in [6.45, 7) is 7.21. The van der Waals surface area contributed by atoms with Crippen LogP contribution < -0.4 is 0 Å². The molecular weight excluding hydrogens is 331 g/mol. The van der Waals surface area contributed by atoms with Gasteiger partial charge in [0.1, 0.15) is 0 Å². The fourth-order valence-electron chi connectivity index (χ4n) is 2.81. The lowest BCUT2D eigenvalue weighted by atomic mass is 10.1. The lowest BCUT2D eigenvalue weighted by molar-refractivity contribution is 0.620. The van der Waals surface area contributed by atoms with Gasteiger partial charge in [0.05, 0.1) is 8.07 Å². The summed E-state index contributed by atoms with van der Waals surface area (Å²) in [5.41, 5.74) is 0. The van der Waals surface area contributed by atoms with Crippen molar-refractivity contribution in [1.29, 1.82) is 0 Å². The largest absolute Gasteiger partial charge is 0.341 e. The molecule has 0 aliphatic heterocycles. The van der Waals surface area contributed by atoms with E-state index in [1.807, 2.05) is 0 Å². The van der Waals surface area contributed by atoms with E-state index in [1.54, 1.807) is 0 Å². The number of unbranched alkanes of at least 4 members (excludes halogenated alkanes) is 5. The number of hydrogen-bond donors (Lipinski definition) is 0. The highest BCUT2D eigenvalue weighted by atomic mass is 35.8. The minimum absolute atomic E-state index is 0.829. The molecule has 0 amide bonds. The van der Waals surface area contributed by atoms with Gasteiger partial charge in [0.25, 0.3) is 0 Å². The van der Waals surface area contributed by atoms with Crippen molar-refractivity contribution in [3.05, 3.63) is 0 Å². The second-order valence-electron chi connectivity index (χ2n) is 5.80. The Balaban J connectivity index is 3.50. The van der Waals surface area contributed by atoms with Crippen molar-refractivity contribution in [2.75, 3.05) is 0 Å². The van der Waals surface area contributed by atoms with Gasteiger partial charge in [0.2, 0.25) is 0 Å². The summed E-state index contributed by atoms with van der Waals surface area (Å²) in [5.74, 6) is 0. The Morgan fingerprint density at radius 2 is 0.947 bits per heavy atom. The van der Waals surface area contributed by atoms with Gasteiger partial charge in [-0.05, 0) is 6.04 Å². The Kier molecular flexibility index (Phi) is 11.7. The first-order valence-corrected chi connectivity index (χ1v) is 16.0. The van der Waals surface area contributed by atoms with Crippen molar-refractivity contribution in [2.24, 2.45) is 0 Å². The first-order chi connectivity index (χ1) is 8.89. The quantitative estimate of drug-likeness (QED) is 0.192. The van der Waals surface area contributed by atoms with Gasteiger partial charge in [-0.15, -0.1) is 33.2 Å². The third kappa shape index (κ3) is 10.6. The third-order valence-corrected chi connectivity index (χ3v) is 13.2. The smallest absolute Gasteiger partial charge is 0.126 e. The van der Waals surface area contributed by atoms with E-state index in [9.17, 15) is 0 Å². The van der Waals surface area contributed by atoms with Crippen LogP contribution in [0.15, 0.2) is 0 Å². The maximum Gasteiger partial charge on any atom is 0.341 e. The standard InChI is InChI=1S/C14H31Cl3Si2/c1-4-18(5-2,6-3)13-11-9-7-8-10-12-14-19(15,16)17/h4-14H2,1-3H3. The summed E-state index contributed by atoms with van der Waals surface area (Å²) in [6.07, 6.45) is 7.86. The SMILES string of the molecule is CC[Si](CC)(CC)CCCCCCCC[Si](Cl)(Cl)Cl. The molecule has 0 radical (unpaired) electrons. The van der Waals surface area contributed by atoms with E-state index >= 15 is 0 Å². The van der Waals surface area contributed by atoms with Crippen molar-refractivity contribution in [3.8, 4) is 0 Å². The van der Waals surface area contributed by atoms with E-state index < -0.39 is 14.1 Å². The molecule has 0 aromatic carbocycles. The second-order valence-corrected chi connectivity index (χ2v) is 20.7. The fraction of sp³-hybridized carbons (Fsp3) is 1.00. The van der Waals surface area contributed by atoms with Gasteiger partial charge >= 0.3 is 6.00 Å². The average molecular weight is 362 g/mol. The summed E-state index contributed by atoms with van der Waals surface area (Å²) >= 11 is 17.6. The topological polar surface area (TPSA) is 0 Å². The van der Waals surface area contributed by atoms with Crippen molar-refractivity contribution in [2.45, 2.75) is 89.5 Å². The number of hydrogen-bond acceptors (Lipinski definition) is 0. The van der Waals surface area contributed by atoms with Crippen LogP contribution in [0.2, 0.25) is 30.2 Å². The monoisotopic (exact) mass is 360 g/mol. The summed E-state index contributed by atoms with van der Waals surface area (Å²) < 4.78 is 0. The Morgan fingerprint density at radius 3 is 1.32 bits per heavy atom. The summed E-state index contributed by atoms with van der Waals surface area (Å²) in [5, 5.41) is 0. The highest BCUT2D eigenvalue weighted by Gasteiger charge is 2.25. The van der Waals surface area contributed by atoms with E-state index in [0.29, 0.717) is 0 Å². The van der Waals surface area contributed by atoms with Gasteiger partial charge in [-0.2, -0.15) is 0 Å². The summed E-state index contributed by atoms with van der Waals surface area (Å²) in [4.78, 5) is 0. The van der Waals surface area contributed by atoms with Crippen LogP contribution in [0.3, 0.4) is 0 Å². The maximum absolute atomic E-state index is 5.87. The molecule has 0 aliphatic rings. The Bertz CT molecular complexity index is 205.